The standard InChI is InChI=1S/C50H49N3/c1-36-12-18-39(19-13-36)8-4-5-10-41-22-32-46(33-23-41)49-51-48(45-28-16-38(3)17-29-45)52-50(53-49)47-34-24-42(25-35-47)11-7-6-9-40-20-30-44(31-21-40)43-26-14-37(2)15-27-43/h12-35H,4-11H2,1-3H3. The van der Waals surface area contributed by atoms with Crippen LogP contribution in [0.25, 0.3) is 45.3 Å². The van der Waals surface area contributed by atoms with Crippen molar-refractivity contribution >= 4 is 0 Å². The second kappa shape index (κ2) is 17.2. The molecule has 0 amide bonds. The molecule has 0 spiro atoms. The van der Waals surface area contributed by atoms with Gasteiger partial charge < -0.3 is 0 Å². The lowest BCUT2D eigenvalue weighted by Gasteiger charge is -2.10. The number of rotatable bonds is 14. The van der Waals surface area contributed by atoms with E-state index in [0.717, 1.165) is 55.2 Å². The van der Waals surface area contributed by atoms with Gasteiger partial charge in [-0.25, -0.2) is 15.0 Å². The quantitative estimate of drug-likeness (QED) is 0.107. The average Bonchev–Trinajstić information content (AvgIpc) is 3.20. The molecule has 53 heavy (non-hydrogen) atoms. The summed E-state index contributed by atoms with van der Waals surface area (Å²) in [4.78, 5) is 14.9. The van der Waals surface area contributed by atoms with Crippen molar-refractivity contribution in [3.8, 4) is 45.3 Å². The van der Waals surface area contributed by atoms with E-state index < -0.39 is 0 Å². The highest BCUT2D eigenvalue weighted by molar-refractivity contribution is 5.67. The molecule has 0 aliphatic heterocycles. The predicted molar refractivity (Wildman–Crippen MR) is 222 cm³/mol. The zero-order valence-electron chi connectivity index (χ0n) is 31.4. The molecule has 7 rings (SSSR count). The minimum atomic E-state index is 0.696. The summed E-state index contributed by atoms with van der Waals surface area (Å²) in [5.41, 5.74) is 14.9. The molecule has 0 N–H and O–H groups in total. The largest absolute Gasteiger partial charge is 0.208 e. The molecule has 0 aliphatic carbocycles. The first kappa shape index (κ1) is 35.7. The van der Waals surface area contributed by atoms with E-state index in [9.17, 15) is 0 Å². The molecule has 0 unspecified atom stereocenters. The van der Waals surface area contributed by atoms with Gasteiger partial charge in [0, 0.05) is 16.7 Å². The molecule has 0 aliphatic rings. The molecule has 0 radical (unpaired) electrons. The van der Waals surface area contributed by atoms with Gasteiger partial charge in [-0.3, -0.25) is 0 Å². The van der Waals surface area contributed by atoms with Crippen LogP contribution in [0.4, 0.5) is 0 Å². The molecule has 6 aromatic carbocycles. The fourth-order valence-electron chi connectivity index (χ4n) is 6.79. The molecule has 1 aromatic heterocycles. The highest BCUT2D eigenvalue weighted by atomic mass is 15.0. The Morgan fingerprint density at radius 1 is 0.264 bits per heavy atom. The van der Waals surface area contributed by atoms with Gasteiger partial charge in [0.05, 0.1) is 0 Å². The lowest BCUT2D eigenvalue weighted by molar-refractivity contribution is 0.734. The molecular formula is C50H49N3. The second-order valence-electron chi connectivity index (χ2n) is 14.5. The number of aryl methyl sites for hydroxylation is 7. The van der Waals surface area contributed by atoms with E-state index in [-0.39, 0.29) is 0 Å². The number of benzene rings is 6. The Balaban J connectivity index is 0.985. The summed E-state index contributed by atoms with van der Waals surface area (Å²) < 4.78 is 0. The molecule has 0 bridgehead atoms. The summed E-state index contributed by atoms with van der Waals surface area (Å²) in [5, 5.41) is 0. The van der Waals surface area contributed by atoms with Crippen LogP contribution in [0.5, 0.6) is 0 Å². The monoisotopic (exact) mass is 691 g/mol. The van der Waals surface area contributed by atoms with Gasteiger partial charge >= 0.3 is 0 Å². The molecule has 0 saturated carbocycles. The van der Waals surface area contributed by atoms with Crippen molar-refractivity contribution in [2.24, 2.45) is 0 Å². The molecule has 3 nitrogen and oxygen atoms in total. The summed E-state index contributed by atoms with van der Waals surface area (Å²) in [6.07, 6.45) is 9.00. The number of hydrogen-bond donors (Lipinski definition) is 0. The van der Waals surface area contributed by atoms with Crippen molar-refractivity contribution in [2.45, 2.75) is 72.1 Å². The average molecular weight is 692 g/mol. The highest BCUT2D eigenvalue weighted by Gasteiger charge is 2.13. The van der Waals surface area contributed by atoms with Crippen LogP contribution in [0, 0.1) is 20.8 Å². The van der Waals surface area contributed by atoms with Crippen LogP contribution < -0.4 is 0 Å². The maximum atomic E-state index is 5.01. The number of nitrogens with zero attached hydrogens (tertiary/aromatic N) is 3. The number of unbranched alkanes of at least 4 members (excludes halogenated alkanes) is 2. The minimum absolute atomic E-state index is 0.696. The first-order valence-corrected chi connectivity index (χ1v) is 19.2. The van der Waals surface area contributed by atoms with Crippen LogP contribution in [0.15, 0.2) is 146 Å². The van der Waals surface area contributed by atoms with Gasteiger partial charge in [-0.1, -0.05) is 162 Å². The summed E-state index contributed by atoms with van der Waals surface area (Å²) in [7, 11) is 0. The molecule has 0 atom stereocenters. The van der Waals surface area contributed by atoms with E-state index in [2.05, 4.69) is 166 Å². The van der Waals surface area contributed by atoms with Crippen molar-refractivity contribution < 1.29 is 0 Å². The van der Waals surface area contributed by atoms with Crippen molar-refractivity contribution in [2.75, 3.05) is 0 Å². The maximum absolute atomic E-state index is 5.01. The third-order valence-electron chi connectivity index (χ3n) is 10.2. The zero-order valence-corrected chi connectivity index (χ0v) is 31.4. The first-order valence-electron chi connectivity index (χ1n) is 19.2. The summed E-state index contributed by atoms with van der Waals surface area (Å²) in [6.45, 7) is 6.37. The van der Waals surface area contributed by atoms with E-state index in [4.69, 9.17) is 15.0 Å². The van der Waals surface area contributed by atoms with Crippen molar-refractivity contribution in [1.29, 1.82) is 0 Å². The molecule has 264 valence electrons. The van der Waals surface area contributed by atoms with E-state index >= 15 is 0 Å². The fourth-order valence-corrected chi connectivity index (χ4v) is 6.79. The van der Waals surface area contributed by atoms with Crippen LogP contribution >= 0.6 is 0 Å². The van der Waals surface area contributed by atoms with Gasteiger partial charge in [0.2, 0.25) is 0 Å². The predicted octanol–water partition coefficient (Wildman–Crippen LogP) is 12.6. The van der Waals surface area contributed by atoms with Crippen molar-refractivity contribution in [3.05, 3.63) is 185 Å². The van der Waals surface area contributed by atoms with Crippen LogP contribution in [-0.2, 0) is 25.7 Å². The highest BCUT2D eigenvalue weighted by Crippen LogP contribution is 2.27. The lowest BCUT2D eigenvalue weighted by atomic mass is 9.99. The molecule has 0 saturated heterocycles. The summed E-state index contributed by atoms with van der Waals surface area (Å²) in [5.74, 6) is 2.10. The fraction of sp³-hybridized carbons (Fsp3) is 0.220. The van der Waals surface area contributed by atoms with Gasteiger partial charge in [0.25, 0.3) is 0 Å². The van der Waals surface area contributed by atoms with Gasteiger partial charge in [-0.2, -0.15) is 0 Å². The van der Waals surface area contributed by atoms with Crippen LogP contribution in [0.1, 0.15) is 64.6 Å². The summed E-state index contributed by atoms with van der Waals surface area (Å²) >= 11 is 0. The van der Waals surface area contributed by atoms with Crippen LogP contribution in [0.3, 0.4) is 0 Å². The van der Waals surface area contributed by atoms with E-state index in [1.54, 1.807) is 0 Å². The van der Waals surface area contributed by atoms with E-state index in [0.29, 0.717) is 17.5 Å². The molecule has 0 fully saturated rings. The van der Waals surface area contributed by atoms with Gasteiger partial charge in [-0.15, -0.1) is 0 Å². The Morgan fingerprint density at radius 3 is 0.774 bits per heavy atom. The van der Waals surface area contributed by atoms with Gasteiger partial charge in [0.1, 0.15) is 0 Å². The SMILES string of the molecule is Cc1ccc(CCCCc2ccc(-c3nc(-c4ccc(C)cc4)nc(-c4ccc(CCCCc5ccc(-c6ccc(C)cc6)cc5)cc4)n3)cc2)cc1. The number of aromatic nitrogens is 3. The Morgan fingerprint density at radius 2 is 0.472 bits per heavy atom. The molecule has 3 heteroatoms. The third kappa shape index (κ3) is 9.81. The first-order chi connectivity index (χ1) is 25.9. The van der Waals surface area contributed by atoms with Crippen molar-refractivity contribution in [1.82, 2.24) is 15.0 Å². The van der Waals surface area contributed by atoms with Crippen LogP contribution in [-0.4, -0.2) is 15.0 Å². The van der Waals surface area contributed by atoms with Gasteiger partial charge in [-0.05, 0) is 106 Å². The molecular weight excluding hydrogens is 643 g/mol. The molecule has 1 heterocycles. The molecule has 7 aromatic rings. The minimum Gasteiger partial charge on any atom is -0.208 e. The van der Waals surface area contributed by atoms with Crippen LogP contribution in [0.2, 0.25) is 0 Å². The second-order valence-corrected chi connectivity index (χ2v) is 14.5. The Kier molecular flexibility index (Phi) is 11.6. The lowest BCUT2D eigenvalue weighted by Crippen LogP contribution is -2.00. The smallest absolute Gasteiger partial charge is 0.164 e. The summed E-state index contributed by atoms with van der Waals surface area (Å²) in [6, 6.07) is 52.7. The maximum Gasteiger partial charge on any atom is 0.164 e. The van der Waals surface area contributed by atoms with E-state index in [1.807, 2.05) is 0 Å². The Hall–Kier alpha value is -5.67. The third-order valence-corrected chi connectivity index (χ3v) is 10.2. The van der Waals surface area contributed by atoms with Gasteiger partial charge in [0.15, 0.2) is 17.5 Å². The van der Waals surface area contributed by atoms with Crippen molar-refractivity contribution in [3.63, 3.8) is 0 Å². The topological polar surface area (TPSA) is 38.7 Å². The normalized spacial score (nSPS) is 11.2. The Labute approximate surface area is 315 Å². The number of hydrogen-bond acceptors (Lipinski definition) is 3. The zero-order chi connectivity index (χ0) is 36.4. The van der Waals surface area contributed by atoms with E-state index in [1.165, 1.54) is 62.9 Å². The Bertz CT molecular complexity index is 2200.